The van der Waals surface area contributed by atoms with E-state index in [1.54, 1.807) is 0 Å². The van der Waals surface area contributed by atoms with Crippen LogP contribution < -0.4 is 4.90 Å². The molecule has 5 heteroatoms. The summed E-state index contributed by atoms with van der Waals surface area (Å²) in [6.45, 7) is 4.35. The number of pyridine rings is 1. The van der Waals surface area contributed by atoms with E-state index in [4.69, 9.17) is 4.98 Å². The predicted octanol–water partition coefficient (Wildman–Crippen LogP) is 4.81. The van der Waals surface area contributed by atoms with Crippen LogP contribution >= 0.6 is 34.0 Å². The van der Waals surface area contributed by atoms with Gasteiger partial charge >= 0.3 is 0 Å². The number of piperazine rings is 1. The van der Waals surface area contributed by atoms with Gasteiger partial charge in [-0.3, -0.25) is 0 Å². The van der Waals surface area contributed by atoms with E-state index in [9.17, 15) is 0 Å². The topological polar surface area (TPSA) is 19.4 Å². The van der Waals surface area contributed by atoms with E-state index in [2.05, 4.69) is 71.4 Å². The van der Waals surface area contributed by atoms with Crippen LogP contribution in [0.25, 0.3) is 22.2 Å². The summed E-state index contributed by atoms with van der Waals surface area (Å²) in [6, 6.07) is 21.2. The molecule has 3 nitrogen and oxygen atoms in total. The monoisotopic (exact) mass is 463 g/mol. The third-order valence-corrected chi connectivity index (χ3v) is 4.61. The van der Waals surface area contributed by atoms with E-state index in [1.807, 2.05) is 6.07 Å². The quantitative estimate of drug-likeness (QED) is 0.542. The summed E-state index contributed by atoms with van der Waals surface area (Å²) in [5.41, 5.74) is 4.61. The highest BCUT2D eigenvalue weighted by atomic mass is 79.9. The number of fused-ring (bicyclic) bond motifs is 1. The summed E-state index contributed by atoms with van der Waals surface area (Å²) in [5, 5.41) is 1.25. The van der Waals surface area contributed by atoms with Gasteiger partial charge in [-0.15, -0.1) is 34.0 Å². The van der Waals surface area contributed by atoms with Crippen molar-refractivity contribution >= 4 is 50.6 Å². The van der Waals surface area contributed by atoms with Gasteiger partial charge in [0, 0.05) is 42.8 Å². The smallest absolute Gasteiger partial charge is 0.0730 e. The van der Waals surface area contributed by atoms with Crippen LogP contribution in [0.5, 0.6) is 0 Å². The Morgan fingerprint density at radius 3 is 2.16 bits per heavy atom. The molecule has 1 fully saturated rings. The molecule has 1 aliphatic heterocycles. The van der Waals surface area contributed by atoms with Gasteiger partial charge in [0.05, 0.1) is 11.2 Å². The minimum Gasteiger partial charge on any atom is -0.368 e. The zero-order chi connectivity index (χ0) is 15.6. The van der Waals surface area contributed by atoms with Gasteiger partial charge in [0.15, 0.2) is 0 Å². The van der Waals surface area contributed by atoms with Gasteiger partial charge in [-0.05, 0) is 19.2 Å². The first kappa shape index (κ1) is 19.9. The molecule has 0 N–H and O–H groups in total. The molecule has 0 aliphatic carbocycles. The van der Waals surface area contributed by atoms with Crippen LogP contribution in [0.1, 0.15) is 0 Å². The van der Waals surface area contributed by atoms with Gasteiger partial charge < -0.3 is 9.80 Å². The third-order valence-electron chi connectivity index (χ3n) is 4.61. The Morgan fingerprint density at radius 1 is 0.800 bits per heavy atom. The lowest BCUT2D eigenvalue weighted by molar-refractivity contribution is 0.313. The van der Waals surface area contributed by atoms with E-state index in [0.717, 1.165) is 37.4 Å². The second kappa shape index (κ2) is 8.79. The number of halogens is 2. The molecule has 2 heterocycles. The van der Waals surface area contributed by atoms with Crippen molar-refractivity contribution in [3.8, 4) is 11.3 Å². The highest BCUT2D eigenvalue weighted by Crippen LogP contribution is 2.31. The third kappa shape index (κ3) is 4.22. The fourth-order valence-corrected chi connectivity index (χ4v) is 3.22. The fourth-order valence-electron chi connectivity index (χ4n) is 3.22. The molecule has 2 aromatic carbocycles. The lowest BCUT2D eigenvalue weighted by atomic mass is 10.1. The maximum Gasteiger partial charge on any atom is 0.0730 e. The minimum atomic E-state index is 0. The fraction of sp³-hybridized carbons (Fsp3) is 0.250. The summed E-state index contributed by atoms with van der Waals surface area (Å²) in [5.74, 6) is 0. The summed E-state index contributed by atoms with van der Waals surface area (Å²) in [7, 11) is 2.19. The number of benzene rings is 2. The van der Waals surface area contributed by atoms with E-state index < -0.39 is 0 Å². The summed E-state index contributed by atoms with van der Waals surface area (Å²) in [6.07, 6.45) is 0. The van der Waals surface area contributed by atoms with Crippen LogP contribution in [0.4, 0.5) is 5.69 Å². The SMILES string of the molecule is Br.Br.CN1CCN(c2cc(-c3ccccc3)nc3ccccc23)CC1. The summed E-state index contributed by atoms with van der Waals surface area (Å²) in [4.78, 5) is 9.76. The molecule has 0 atom stereocenters. The average molecular weight is 465 g/mol. The first-order valence-corrected chi connectivity index (χ1v) is 8.20. The van der Waals surface area contributed by atoms with Crippen molar-refractivity contribution in [2.75, 3.05) is 38.1 Å². The molecule has 4 rings (SSSR count). The van der Waals surface area contributed by atoms with Crippen molar-refractivity contribution in [2.24, 2.45) is 0 Å². The molecule has 0 saturated carbocycles. The molecule has 132 valence electrons. The number of hydrogen-bond acceptors (Lipinski definition) is 3. The molecule has 0 radical (unpaired) electrons. The zero-order valence-electron chi connectivity index (χ0n) is 14.3. The Bertz CT molecular complexity index is 816. The Kier molecular flexibility index (Phi) is 6.99. The summed E-state index contributed by atoms with van der Waals surface area (Å²) >= 11 is 0. The molecule has 0 spiro atoms. The van der Waals surface area contributed by atoms with Gasteiger partial charge in [0.2, 0.25) is 0 Å². The van der Waals surface area contributed by atoms with E-state index in [1.165, 1.54) is 16.6 Å². The van der Waals surface area contributed by atoms with Crippen molar-refractivity contribution < 1.29 is 0 Å². The van der Waals surface area contributed by atoms with Gasteiger partial charge in [-0.25, -0.2) is 4.98 Å². The van der Waals surface area contributed by atoms with Crippen molar-refractivity contribution in [2.45, 2.75) is 0 Å². The van der Waals surface area contributed by atoms with Crippen LogP contribution in [0.3, 0.4) is 0 Å². The predicted molar refractivity (Wildman–Crippen MR) is 118 cm³/mol. The van der Waals surface area contributed by atoms with E-state index in [0.29, 0.717) is 0 Å². The Morgan fingerprint density at radius 2 is 1.44 bits per heavy atom. The van der Waals surface area contributed by atoms with Crippen molar-refractivity contribution in [1.82, 2.24) is 9.88 Å². The number of anilines is 1. The Labute approximate surface area is 170 Å². The van der Waals surface area contributed by atoms with E-state index >= 15 is 0 Å². The maximum atomic E-state index is 4.88. The molecule has 1 saturated heterocycles. The van der Waals surface area contributed by atoms with Crippen LogP contribution in [0.15, 0.2) is 60.7 Å². The molecule has 1 aliphatic rings. The number of likely N-dealkylation sites (N-methyl/N-ethyl adjacent to an activating group) is 1. The lowest BCUT2D eigenvalue weighted by Crippen LogP contribution is -2.44. The average Bonchev–Trinajstić information content (AvgIpc) is 2.62. The standard InChI is InChI=1S/C20H21N3.2BrH/c1-22-11-13-23(14-12-22)20-15-19(16-7-3-2-4-8-16)21-18-10-6-5-9-17(18)20;;/h2-10,15H,11-14H2,1H3;2*1H. The van der Waals surface area contributed by atoms with E-state index in [-0.39, 0.29) is 34.0 Å². The van der Waals surface area contributed by atoms with Gasteiger partial charge in [-0.2, -0.15) is 0 Å². The maximum absolute atomic E-state index is 4.88. The second-order valence-electron chi connectivity index (χ2n) is 6.20. The second-order valence-corrected chi connectivity index (χ2v) is 6.20. The van der Waals surface area contributed by atoms with Crippen molar-refractivity contribution in [1.29, 1.82) is 0 Å². The Hall–Kier alpha value is -1.43. The minimum absolute atomic E-state index is 0. The molecular formula is C20H23Br2N3. The molecule has 0 unspecified atom stereocenters. The van der Waals surface area contributed by atoms with Crippen LogP contribution in [-0.2, 0) is 0 Å². The number of hydrogen-bond donors (Lipinski definition) is 0. The first-order chi connectivity index (χ1) is 11.3. The lowest BCUT2D eigenvalue weighted by Gasteiger charge is -2.34. The zero-order valence-corrected chi connectivity index (χ0v) is 17.7. The first-order valence-electron chi connectivity index (χ1n) is 8.20. The van der Waals surface area contributed by atoms with Gasteiger partial charge in [-0.1, -0.05) is 48.5 Å². The molecule has 0 bridgehead atoms. The van der Waals surface area contributed by atoms with Gasteiger partial charge in [0.1, 0.15) is 0 Å². The number of rotatable bonds is 2. The van der Waals surface area contributed by atoms with Crippen LogP contribution in [0, 0.1) is 0 Å². The van der Waals surface area contributed by atoms with Gasteiger partial charge in [0.25, 0.3) is 0 Å². The Balaban J connectivity index is 0.00000113. The molecule has 0 amide bonds. The number of aromatic nitrogens is 1. The largest absolute Gasteiger partial charge is 0.368 e. The normalized spacial score (nSPS) is 14.7. The summed E-state index contributed by atoms with van der Waals surface area (Å²) < 4.78 is 0. The highest BCUT2D eigenvalue weighted by molar-refractivity contribution is 8.93. The van der Waals surface area contributed by atoms with Crippen molar-refractivity contribution in [3.63, 3.8) is 0 Å². The highest BCUT2D eigenvalue weighted by Gasteiger charge is 2.17. The van der Waals surface area contributed by atoms with Crippen LogP contribution in [0.2, 0.25) is 0 Å². The molecule has 1 aromatic heterocycles. The molecule has 25 heavy (non-hydrogen) atoms. The number of para-hydroxylation sites is 1. The van der Waals surface area contributed by atoms with Crippen molar-refractivity contribution in [3.05, 3.63) is 60.7 Å². The molecular weight excluding hydrogens is 442 g/mol. The molecule has 3 aromatic rings. The van der Waals surface area contributed by atoms with Crippen LogP contribution in [-0.4, -0.2) is 43.1 Å². The number of nitrogens with zero attached hydrogens (tertiary/aromatic N) is 3.